The Bertz CT molecular complexity index is 617. The van der Waals surface area contributed by atoms with Crippen molar-refractivity contribution in [3.63, 3.8) is 0 Å². The van der Waals surface area contributed by atoms with Gasteiger partial charge in [0, 0.05) is 18.2 Å². The smallest absolute Gasteiger partial charge is 0.404 e. The van der Waals surface area contributed by atoms with E-state index in [4.69, 9.17) is 9.79 Å². The van der Waals surface area contributed by atoms with Crippen LogP contribution in [-0.4, -0.2) is 15.7 Å². The topological polar surface area (TPSA) is 95.9 Å². The average Bonchev–Trinajstić information content (AvgIpc) is 2.64. The molecule has 3 N–H and O–H groups in total. The second-order valence-electron chi connectivity index (χ2n) is 7.65. The van der Waals surface area contributed by atoms with Gasteiger partial charge in [-0.05, 0) is 18.6 Å². The first-order chi connectivity index (χ1) is 13.9. The van der Waals surface area contributed by atoms with Crippen LogP contribution in [0.15, 0.2) is 24.3 Å². The largest absolute Gasteiger partial charge is 0.524 e. The maximum atomic E-state index is 12.0. The summed E-state index contributed by atoms with van der Waals surface area (Å²) in [5, 5.41) is 2.74. The third-order valence-corrected chi connectivity index (χ3v) is 5.30. The zero-order chi connectivity index (χ0) is 21.4. The van der Waals surface area contributed by atoms with Crippen LogP contribution in [0.3, 0.4) is 0 Å². The Balaban J connectivity index is 2.02. The Morgan fingerprint density at radius 2 is 1.41 bits per heavy atom. The molecule has 0 atom stereocenters. The zero-order valence-corrected chi connectivity index (χ0v) is 18.7. The maximum Gasteiger partial charge on any atom is 0.524 e. The molecule has 1 amide bonds. The van der Waals surface area contributed by atoms with Crippen molar-refractivity contribution in [2.24, 2.45) is 0 Å². The summed E-state index contributed by atoms with van der Waals surface area (Å²) in [6.45, 7) is 2.25. The fourth-order valence-corrected chi connectivity index (χ4v) is 3.68. The summed E-state index contributed by atoms with van der Waals surface area (Å²) in [6, 6.07) is 6.07. The third kappa shape index (κ3) is 15.2. The van der Waals surface area contributed by atoms with Gasteiger partial charge in [-0.1, -0.05) is 90.0 Å². The Morgan fingerprint density at radius 1 is 0.897 bits per heavy atom. The van der Waals surface area contributed by atoms with Crippen molar-refractivity contribution in [2.75, 3.05) is 5.32 Å². The number of amides is 1. The highest BCUT2D eigenvalue weighted by Gasteiger charge is 2.16. The molecule has 0 aliphatic carbocycles. The molecule has 0 aliphatic rings. The molecule has 0 aromatic heterocycles. The first-order valence-electron chi connectivity index (χ1n) is 11.1. The minimum atomic E-state index is -4.60. The number of anilines is 1. The van der Waals surface area contributed by atoms with Crippen molar-refractivity contribution in [3.8, 4) is 5.75 Å². The molecule has 0 radical (unpaired) electrons. The summed E-state index contributed by atoms with van der Waals surface area (Å²) in [5.74, 6) is -0.0708. The van der Waals surface area contributed by atoms with Crippen molar-refractivity contribution >= 4 is 19.4 Å². The van der Waals surface area contributed by atoms with Gasteiger partial charge < -0.3 is 9.84 Å². The van der Waals surface area contributed by atoms with Crippen LogP contribution < -0.4 is 9.84 Å². The lowest BCUT2D eigenvalue weighted by Crippen LogP contribution is -2.11. The summed E-state index contributed by atoms with van der Waals surface area (Å²) < 4.78 is 15.4. The van der Waals surface area contributed by atoms with Crippen molar-refractivity contribution in [1.29, 1.82) is 0 Å². The normalized spacial score (nSPS) is 11.4. The summed E-state index contributed by atoms with van der Waals surface area (Å²) in [7, 11) is -4.60. The Morgan fingerprint density at radius 3 is 1.93 bits per heavy atom. The lowest BCUT2D eigenvalue weighted by Gasteiger charge is -2.09. The van der Waals surface area contributed by atoms with Crippen molar-refractivity contribution in [1.82, 2.24) is 0 Å². The van der Waals surface area contributed by atoms with Gasteiger partial charge in [-0.15, -0.1) is 0 Å². The first-order valence-corrected chi connectivity index (χ1v) is 12.6. The van der Waals surface area contributed by atoms with E-state index in [9.17, 15) is 9.36 Å². The fourth-order valence-electron chi connectivity index (χ4n) is 3.29. The minimum Gasteiger partial charge on any atom is -0.404 e. The number of phosphoric ester groups is 1. The molecule has 0 fully saturated rings. The molecule has 29 heavy (non-hydrogen) atoms. The van der Waals surface area contributed by atoms with E-state index < -0.39 is 7.82 Å². The lowest BCUT2D eigenvalue weighted by molar-refractivity contribution is -0.116. The molecule has 0 saturated carbocycles. The van der Waals surface area contributed by atoms with Gasteiger partial charge in [0.15, 0.2) is 0 Å². The zero-order valence-electron chi connectivity index (χ0n) is 17.8. The number of hydrogen-bond acceptors (Lipinski definition) is 3. The highest BCUT2D eigenvalue weighted by Crippen LogP contribution is 2.38. The predicted molar refractivity (Wildman–Crippen MR) is 118 cm³/mol. The maximum absolute atomic E-state index is 12.0. The molecule has 0 saturated heterocycles. The number of rotatable bonds is 17. The number of phosphoric acid groups is 1. The van der Waals surface area contributed by atoms with E-state index in [1.165, 1.54) is 76.3 Å². The molecule has 0 bridgehead atoms. The molecule has 7 heteroatoms. The van der Waals surface area contributed by atoms with Gasteiger partial charge in [0.2, 0.25) is 5.91 Å². The molecule has 0 spiro atoms. The Kier molecular flexibility index (Phi) is 13.7. The average molecular weight is 428 g/mol. The van der Waals surface area contributed by atoms with Crippen LogP contribution in [0.1, 0.15) is 96.8 Å². The number of unbranched alkanes of at least 4 members (excludes halogenated alkanes) is 12. The van der Waals surface area contributed by atoms with Crippen LogP contribution in [0.4, 0.5) is 5.69 Å². The molecular formula is C22H38NO5P. The van der Waals surface area contributed by atoms with E-state index in [1.807, 2.05) is 0 Å². The summed E-state index contributed by atoms with van der Waals surface area (Å²) in [5.41, 5.74) is 0.468. The van der Waals surface area contributed by atoms with E-state index in [2.05, 4.69) is 16.8 Å². The van der Waals surface area contributed by atoms with Crippen molar-refractivity contribution in [3.05, 3.63) is 24.3 Å². The van der Waals surface area contributed by atoms with Crippen LogP contribution in [0.25, 0.3) is 0 Å². The van der Waals surface area contributed by atoms with E-state index >= 15 is 0 Å². The Labute approximate surface area is 175 Å². The molecule has 0 unspecified atom stereocenters. The van der Waals surface area contributed by atoms with Crippen LogP contribution in [0.2, 0.25) is 0 Å². The number of benzene rings is 1. The van der Waals surface area contributed by atoms with E-state index in [0.29, 0.717) is 12.1 Å². The van der Waals surface area contributed by atoms with Crippen molar-refractivity contribution < 1.29 is 23.7 Å². The van der Waals surface area contributed by atoms with Gasteiger partial charge in [0.25, 0.3) is 0 Å². The number of carbonyl (C=O) groups is 1. The molecular weight excluding hydrogens is 389 g/mol. The monoisotopic (exact) mass is 427 g/mol. The summed E-state index contributed by atoms with van der Waals surface area (Å²) in [4.78, 5) is 29.7. The third-order valence-electron chi connectivity index (χ3n) is 4.85. The van der Waals surface area contributed by atoms with Crippen molar-refractivity contribution in [2.45, 2.75) is 96.8 Å². The molecule has 1 rings (SSSR count). The molecule has 6 nitrogen and oxygen atoms in total. The number of hydrogen-bond donors (Lipinski definition) is 3. The number of carbonyl (C=O) groups excluding carboxylic acids is 1. The SMILES string of the molecule is CCCCCCCCCCCCCCCC(=O)Nc1cccc(OP(=O)(O)O)c1. The molecule has 166 valence electrons. The van der Waals surface area contributed by atoms with Gasteiger partial charge in [-0.25, -0.2) is 4.57 Å². The number of nitrogens with one attached hydrogen (secondary N) is 1. The standard InChI is InChI=1S/C22H38NO5P/c1-2-3-4-5-6-7-8-9-10-11-12-13-14-18-22(24)23-20-16-15-17-21(19-20)28-29(25,26)27/h15-17,19H,2-14,18H2,1H3,(H,23,24)(H2,25,26,27). The summed E-state index contributed by atoms with van der Waals surface area (Å²) >= 11 is 0. The molecule has 1 aromatic carbocycles. The van der Waals surface area contributed by atoms with E-state index in [0.717, 1.165) is 19.3 Å². The predicted octanol–water partition coefficient (Wildman–Crippen LogP) is 6.58. The van der Waals surface area contributed by atoms with Gasteiger partial charge in [0.05, 0.1) is 0 Å². The molecule has 0 heterocycles. The second kappa shape index (κ2) is 15.5. The lowest BCUT2D eigenvalue weighted by atomic mass is 10.0. The fraction of sp³-hybridized carbons (Fsp3) is 0.682. The highest BCUT2D eigenvalue weighted by atomic mass is 31.2. The van der Waals surface area contributed by atoms with Crippen LogP contribution in [0.5, 0.6) is 5.75 Å². The molecule has 0 aliphatic heterocycles. The van der Waals surface area contributed by atoms with E-state index in [1.54, 1.807) is 12.1 Å². The highest BCUT2D eigenvalue weighted by molar-refractivity contribution is 7.46. The van der Waals surface area contributed by atoms with Crippen LogP contribution in [-0.2, 0) is 9.36 Å². The van der Waals surface area contributed by atoms with Crippen LogP contribution >= 0.6 is 7.82 Å². The summed E-state index contributed by atoms with van der Waals surface area (Å²) in [6.07, 6.45) is 16.9. The van der Waals surface area contributed by atoms with Gasteiger partial charge in [-0.3, -0.25) is 14.6 Å². The quantitative estimate of drug-likeness (QED) is 0.193. The van der Waals surface area contributed by atoms with Crippen LogP contribution in [0, 0.1) is 0 Å². The first kappa shape index (κ1) is 25.7. The van der Waals surface area contributed by atoms with E-state index in [-0.39, 0.29) is 11.7 Å². The minimum absolute atomic E-state index is 0.0251. The van der Waals surface area contributed by atoms with Gasteiger partial charge in [-0.2, -0.15) is 0 Å². The van der Waals surface area contributed by atoms with Gasteiger partial charge >= 0.3 is 7.82 Å². The Hall–Kier alpha value is -1.36. The molecule has 1 aromatic rings. The second-order valence-corrected chi connectivity index (χ2v) is 8.81. The van der Waals surface area contributed by atoms with Gasteiger partial charge in [0.1, 0.15) is 5.75 Å².